The van der Waals surface area contributed by atoms with Crippen LogP contribution in [0.3, 0.4) is 0 Å². The third-order valence-corrected chi connectivity index (χ3v) is 2.88. The molecule has 1 fully saturated rings. The number of hydrogen-bond donors (Lipinski definition) is 1. The second-order valence-corrected chi connectivity index (χ2v) is 4.16. The Morgan fingerprint density at radius 3 is 3.12 bits per heavy atom. The molecule has 1 heterocycles. The second-order valence-electron chi connectivity index (χ2n) is 4.16. The van der Waals surface area contributed by atoms with Gasteiger partial charge in [0.2, 0.25) is 5.91 Å². The summed E-state index contributed by atoms with van der Waals surface area (Å²) in [6.07, 6.45) is 2.47. The molecule has 1 amide bonds. The molecule has 1 aromatic carbocycles. The first-order valence-electron chi connectivity index (χ1n) is 5.95. The van der Waals surface area contributed by atoms with E-state index in [1.807, 2.05) is 4.90 Å². The minimum Gasteiger partial charge on any atom is -0.382 e. The fourth-order valence-corrected chi connectivity index (χ4v) is 1.98. The zero-order valence-electron chi connectivity index (χ0n) is 9.71. The molecule has 0 atom stereocenters. The molecule has 1 aliphatic rings. The van der Waals surface area contributed by atoms with Crippen molar-refractivity contribution in [3.63, 3.8) is 0 Å². The van der Waals surface area contributed by atoms with E-state index in [1.165, 1.54) is 6.07 Å². The summed E-state index contributed by atoms with van der Waals surface area (Å²) in [5.41, 5.74) is 0.403. The zero-order chi connectivity index (χ0) is 12.1. The smallest absolute Gasteiger partial charge is 0.222 e. The van der Waals surface area contributed by atoms with Crippen molar-refractivity contribution < 1.29 is 9.18 Å². The Balaban J connectivity index is 1.70. The highest BCUT2D eigenvalue weighted by atomic mass is 19.1. The van der Waals surface area contributed by atoms with Crippen LogP contribution in [0.25, 0.3) is 0 Å². The van der Waals surface area contributed by atoms with Crippen LogP contribution in [0.15, 0.2) is 18.2 Å². The van der Waals surface area contributed by atoms with Gasteiger partial charge in [-0.1, -0.05) is 12.1 Å². The van der Waals surface area contributed by atoms with Crippen LogP contribution in [0.4, 0.5) is 10.1 Å². The second kappa shape index (κ2) is 5.66. The predicted octanol–water partition coefficient (Wildman–Crippen LogP) is 2.05. The molecular weight excluding hydrogens is 219 g/mol. The molecule has 0 aliphatic carbocycles. The van der Waals surface area contributed by atoms with Gasteiger partial charge in [-0.3, -0.25) is 4.79 Å². The molecule has 0 spiro atoms. The average Bonchev–Trinajstić information content (AvgIpc) is 2.73. The molecule has 2 rings (SSSR count). The van der Waals surface area contributed by atoms with Crippen LogP contribution >= 0.6 is 0 Å². The van der Waals surface area contributed by atoms with Gasteiger partial charge in [0.1, 0.15) is 5.82 Å². The lowest BCUT2D eigenvalue weighted by atomic mass is 10.3. The van der Waals surface area contributed by atoms with Gasteiger partial charge in [-0.15, -0.1) is 0 Å². The molecule has 4 heteroatoms. The van der Waals surface area contributed by atoms with Crippen LogP contribution in [0.2, 0.25) is 0 Å². The van der Waals surface area contributed by atoms with E-state index in [-0.39, 0.29) is 11.7 Å². The lowest BCUT2D eigenvalue weighted by Gasteiger charge is -2.15. The molecule has 1 aliphatic heterocycles. The van der Waals surface area contributed by atoms with Gasteiger partial charge in [0.05, 0.1) is 5.69 Å². The Hall–Kier alpha value is -1.58. The minimum absolute atomic E-state index is 0.238. The van der Waals surface area contributed by atoms with Gasteiger partial charge in [0.15, 0.2) is 0 Å². The third-order valence-electron chi connectivity index (χ3n) is 2.88. The Kier molecular flexibility index (Phi) is 3.96. The number of nitrogens with one attached hydrogen (secondary N) is 1. The molecule has 3 nitrogen and oxygen atoms in total. The summed E-state index contributed by atoms with van der Waals surface area (Å²) in [4.78, 5) is 13.2. The standard InChI is InChI=1S/C13H16FN2O/c14-11-5-1-2-6-12(11)15-8-4-10-16-9-3-7-13(16)17/h1-2,5,15H,3-4,7-10H2. The van der Waals surface area contributed by atoms with Crippen molar-refractivity contribution in [2.24, 2.45) is 0 Å². The summed E-state index contributed by atoms with van der Waals surface area (Å²) in [7, 11) is 0. The van der Waals surface area contributed by atoms with Crippen molar-refractivity contribution in [3.8, 4) is 0 Å². The Labute approximate surface area is 101 Å². The maximum atomic E-state index is 13.2. The maximum absolute atomic E-state index is 13.2. The minimum atomic E-state index is -0.287. The summed E-state index contributed by atoms with van der Waals surface area (Å²) >= 11 is 0. The van der Waals surface area contributed by atoms with Crippen molar-refractivity contribution in [3.05, 3.63) is 30.1 Å². The van der Waals surface area contributed by atoms with Crippen molar-refractivity contribution in [1.29, 1.82) is 0 Å². The molecule has 0 saturated carbocycles. The lowest BCUT2D eigenvalue weighted by molar-refractivity contribution is -0.127. The van der Waals surface area contributed by atoms with Crippen LogP contribution in [0, 0.1) is 11.9 Å². The summed E-state index contributed by atoms with van der Waals surface area (Å²) in [5, 5.41) is 2.98. The summed E-state index contributed by atoms with van der Waals surface area (Å²) in [6.45, 7) is 2.27. The molecule has 0 aromatic heterocycles. The molecular formula is C13H16FN2O. The molecule has 0 unspecified atom stereocenters. The Morgan fingerprint density at radius 1 is 1.53 bits per heavy atom. The monoisotopic (exact) mass is 235 g/mol. The van der Waals surface area contributed by atoms with Gasteiger partial charge in [-0.25, -0.2) is 4.39 Å². The number of rotatable bonds is 5. The maximum Gasteiger partial charge on any atom is 0.222 e. The number of carbonyl (C=O) groups excluding carboxylic acids is 1. The number of benzene rings is 1. The van der Waals surface area contributed by atoms with E-state index in [1.54, 1.807) is 12.1 Å². The van der Waals surface area contributed by atoms with Crippen molar-refractivity contribution in [2.75, 3.05) is 25.0 Å². The largest absolute Gasteiger partial charge is 0.382 e. The molecule has 1 saturated heterocycles. The van der Waals surface area contributed by atoms with E-state index in [0.717, 1.165) is 25.9 Å². The number of anilines is 1. The normalized spacial score (nSPS) is 15.4. The third kappa shape index (κ3) is 3.19. The van der Waals surface area contributed by atoms with Crippen LogP contribution < -0.4 is 5.32 Å². The number of nitrogens with zero attached hydrogens (tertiary/aromatic N) is 1. The number of para-hydroxylation sites is 1. The van der Waals surface area contributed by atoms with E-state index in [0.29, 0.717) is 18.7 Å². The van der Waals surface area contributed by atoms with Crippen LogP contribution in [-0.2, 0) is 4.79 Å². The van der Waals surface area contributed by atoms with E-state index >= 15 is 0 Å². The quantitative estimate of drug-likeness (QED) is 0.792. The van der Waals surface area contributed by atoms with E-state index in [4.69, 9.17) is 0 Å². The van der Waals surface area contributed by atoms with Gasteiger partial charge in [-0.2, -0.15) is 0 Å². The lowest BCUT2D eigenvalue weighted by Crippen LogP contribution is -2.27. The Morgan fingerprint density at radius 2 is 2.41 bits per heavy atom. The molecule has 1 radical (unpaired) electrons. The summed E-state index contributed by atoms with van der Waals surface area (Å²) < 4.78 is 13.2. The predicted molar refractivity (Wildman–Crippen MR) is 64.2 cm³/mol. The first kappa shape index (κ1) is 11.9. The van der Waals surface area contributed by atoms with E-state index in [9.17, 15) is 9.18 Å². The zero-order valence-corrected chi connectivity index (χ0v) is 9.71. The van der Waals surface area contributed by atoms with Gasteiger partial charge < -0.3 is 10.2 Å². The molecule has 1 aromatic rings. The van der Waals surface area contributed by atoms with E-state index < -0.39 is 0 Å². The fourth-order valence-electron chi connectivity index (χ4n) is 1.98. The van der Waals surface area contributed by atoms with Crippen LogP contribution in [0.5, 0.6) is 0 Å². The first-order chi connectivity index (χ1) is 8.27. The molecule has 1 N–H and O–H groups in total. The summed E-state index contributed by atoms with van der Waals surface area (Å²) in [6, 6.07) is 7.50. The first-order valence-corrected chi connectivity index (χ1v) is 5.95. The topological polar surface area (TPSA) is 32.3 Å². The van der Waals surface area contributed by atoms with Crippen LogP contribution in [0.1, 0.15) is 19.3 Å². The number of hydrogen-bond acceptors (Lipinski definition) is 2. The highest BCUT2D eigenvalue weighted by Crippen LogP contribution is 2.12. The van der Waals surface area contributed by atoms with Gasteiger partial charge in [0.25, 0.3) is 0 Å². The highest BCUT2D eigenvalue weighted by molar-refractivity contribution is 5.77. The SMILES string of the molecule is O=C1CCCN1CCCNc1[c]cccc1F. The molecule has 0 bridgehead atoms. The van der Waals surface area contributed by atoms with Gasteiger partial charge >= 0.3 is 0 Å². The highest BCUT2D eigenvalue weighted by Gasteiger charge is 2.18. The number of halogens is 1. The van der Waals surface area contributed by atoms with Gasteiger partial charge in [-0.05, 0) is 18.9 Å². The fraction of sp³-hybridized carbons (Fsp3) is 0.462. The average molecular weight is 235 g/mol. The van der Waals surface area contributed by atoms with Crippen LogP contribution in [-0.4, -0.2) is 30.4 Å². The summed E-state index contributed by atoms with van der Waals surface area (Å²) in [5.74, 6) is -0.0489. The number of carbonyl (C=O) groups is 1. The van der Waals surface area contributed by atoms with Crippen molar-refractivity contribution in [2.45, 2.75) is 19.3 Å². The van der Waals surface area contributed by atoms with Crippen molar-refractivity contribution >= 4 is 11.6 Å². The molecule has 17 heavy (non-hydrogen) atoms. The molecule has 91 valence electrons. The van der Waals surface area contributed by atoms with E-state index in [2.05, 4.69) is 11.4 Å². The number of likely N-dealkylation sites (tertiary alicyclic amines) is 1. The van der Waals surface area contributed by atoms with Gasteiger partial charge in [0, 0.05) is 32.1 Å². The Bertz CT molecular complexity index is 395. The number of amides is 1. The van der Waals surface area contributed by atoms with Crippen molar-refractivity contribution in [1.82, 2.24) is 4.90 Å².